The van der Waals surface area contributed by atoms with E-state index in [2.05, 4.69) is 90.9 Å². The molecule has 4 rings (SSSR count). The van der Waals surface area contributed by atoms with Gasteiger partial charge in [-0.2, -0.15) is 0 Å². The molecule has 0 radical (unpaired) electrons. The molecule has 1 nitrogen and oxygen atoms in total. The lowest BCUT2D eigenvalue weighted by molar-refractivity contribution is 0.299. The summed E-state index contributed by atoms with van der Waals surface area (Å²) in [6, 6.07) is 16.0. The van der Waals surface area contributed by atoms with Crippen molar-refractivity contribution >= 4 is 0 Å². The normalized spacial score (nSPS) is 16.6. The van der Waals surface area contributed by atoms with Gasteiger partial charge >= 0.3 is 0 Å². The van der Waals surface area contributed by atoms with E-state index in [9.17, 15) is 0 Å². The average Bonchev–Trinajstić information content (AvgIpc) is 2.62. The molecule has 1 aliphatic rings. The lowest BCUT2D eigenvalue weighted by atomic mass is 9.55. The van der Waals surface area contributed by atoms with Crippen molar-refractivity contribution in [1.82, 2.24) is 4.98 Å². The SMILES string of the molecule is Cc1ccc2c(c1)C(C)(C)C(C)(C)c1ccc(-c3cc(C)c(C)cn3)cc1-2. The summed E-state index contributed by atoms with van der Waals surface area (Å²) in [5.74, 6) is 0. The Labute approximate surface area is 163 Å². The number of rotatable bonds is 1. The number of aryl methyl sites for hydroxylation is 3. The topological polar surface area (TPSA) is 12.9 Å². The molecule has 0 N–H and O–H groups in total. The molecule has 1 heteroatoms. The zero-order chi connectivity index (χ0) is 19.6. The lowest BCUT2D eigenvalue weighted by Crippen LogP contribution is -2.43. The Bertz CT molecular complexity index is 1050. The van der Waals surface area contributed by atoms with Crippen LogP contribution in [0.5, 0.6) is 0 Å². The van der Waals surface area contributed by atoms with Gasteiger partial charge in [0.2, 0.25) is 0 Å². The molecular weight excluding hydrogens is 326 g/mol. The van der Waals surface area contributed by atoms with Gasteiger partial charge in [0.05, 0.1) is 5.69 Å². The second-order valence-electron chi connectivity index (χ2n) is 9.21. The molecule has 0 fully saturated rings. The molecule has 2 aromatic carbocycles. The highest BCUT2D eigenvalue weighted by Crippen LogP contribution is 2.54. The van der Waals surface area contributed by atoms with Gasteiger partial charge in [-0.25, -0.2) is 0 Å². The van der Waals surface area contributed by atoms with Crippen molar-refractivity contribution in [2.24, 2.45) is 0 Å². The van der Waals surface area contributed by atoms with Gasteiger partial charge in [-0.15, -0.1) is 0 Å². The lowest BCUT2D eigenvalue weighted by Gasteiger charge is -2.48. The van der Waals surface area contributed by atoms with Gasteiger partial charge in [-0.05, 0) is 77.1 Å². The van der Waals surface area contributed by atoms with Crippen molar-refractivity contribution in [3.05, 3.63) is 76.5 Å². The van der Waals surface area contributed by atoms with Gasteiger partial charge < -0.3 is 0 Å². The van der Waals surface area contributed by atoms with Crippen LogP contribution in [0.1, 0.15) is 55.5 Å². The molecule has 27 heavy (non-hydrogen) atoms. The number of pyridine rings is 1. The molecule has 0 amide bonds. The molecule has 0 saturated carbocycles. The Morgan fingerprint density at radius 2 is 1.37 bits per heavy atom. The molecule has 138 valence electrons. The van der Waals surface area contributed by atoms with Gasteiger partial charge in [0.1, 0.15) is 0 Å². The quantitative estimate of drug-likeness (QED) is 0.462. The maximum Gasteiger partial charge on any atom is 0.0705 e. The van der Waals surface area contributed by atoms with Crippen molar-refractivity contribution in [3.63, 3.8) is 0 Å². The Balaban J connectivity index is 1.98. The molecule has 0 aliphatic heterocycles. The number of aromatic nitrogens is 1. The molecule has 0 spiro atoms. The Kier molecular flexibility index (Phi) is 3.86. The summed E-state index contributed by atoms with van der Waals surface area (Å²) in [7, 11) is 0. The number of hydrogen-bond donors (Lipinski definition) is 0. The van der Waals surface area contributed by atoms with Crippen molar-refractivity contribution in [2.45, 2.75) is 59.3 Å². The second kappa shape index (κ2) is 5.79. The molecule has 1 heterocycles. The first kappa shape index (κ1) is 18.0. The van der Waals surface area contributed by atoms with Gasteiger partial charge in [-0.3, -0.25) is 4.98 Å². The van der Waals surface area contributed by atoms with E-state index >= 15 is 0 Å². The third-order valence-corrected chi connectivity index (χ3v) is 7.06. The van der Waals surface area contributed by atoms with E-state index in [0.717, 1.165) is 5.69 Å². The van der Waals surface area contributed by atoms with Crippen LogP contribution >= 0.6 is 0 Å². The Hall–Kier alpha value is -2.41. The Morgan fingerprint density at radius 3 is 2.07 bits per heavy atom. The fourth-order valence-corrected chi connectivity index (χ4v) is 4.34. The third kappa shape index (κ3) is 2.56. The fraction of sp³-hybridized carbons (Fsp3) is 0.346. The predicted octanol–water partition coefficient (Wildman–Crippen LogP) is 6.91. The largest absolute Gasteiger partial charge is 0.256 e. The summed E-state index contributed by atoms with van der Waals surface area (Å²) >= 11 is 0. The van der Waals surface area contributed by atoms with Crippen LogP contribution in [0.2, 0.25) is 0 Å². The van der Waals surface area contributed by atoms with Crippen LogP contribution in [0, 0.1) is 20.8 Å². The first-order chi connectivity index (χ1) is 12.6. The minimum atomic E-state index is 0.0538. The van der Waals surface area contributed by atoms with E-state index in [1.807, 2.05) is 6.20 Å². The van der Waals surface area contributed by atoms with Crippen LogP contribution in [0.3, 0.4) is 0 Å². The maximum atomic E-state index is 4.69. The molecular formula is C26H29N. The summed E-state index contributed by atoms with van der Waals surface area (Å²) in [5, 5.41) is 0. The van der Waals surface area contributed by atoms with E-state index in [1.165, 1.54) is 44.5 Å². The highest BCUT2D eigenvalue weighted by molar-refractivity contribution is 5.81. The number of benzene rings is 2. The minimum absolute atomic E-state index is 0.0538. The van der Waals surface area contributed by atoms with E-state index in [4.69, 9.17) is 4.98 Å². The van der Waals surface area contributed by atoms with Gasteiger partial charge in [-0.1, -0.05) is 63.6 Å². The third-order valence-electron chi connectivity index (χ3n) is 7.06. The summed E-state index contributed by atoms with van der Waals surface area (Å²) in [6.07, 6.45) is 1.98. The van der Waals surface area contributed by atoms with Crippen LogP contribution in [-0.2, 0) is 10.8 Å². The molecule has 1 aromatic heterocycles. The van der Waals surface area contributed by atoms with E-state index in [-0.39, 0.29) is 10.8 Å². The van der Waals surface area contributed by atoms with Gasteiger partial charge in [0.25, 0.3) is 0 Å². The average molecular weight is 356 g/mol. The van der Waals surface area contributed by atoms with Crippen molar-refractivity contribution < 1.29 is 0 Å². The van der Waals surface area contributed by atoms with E-state index in [0.29, 0.717) is 0 Å². The summed E-state index contributed by atoms with van der Waals surface area (Å²) in [5.41, 5.74) is 11.8. The fourth-order valence-electron chi connectivity index (χ4n) is 4.34. The highest BCUT2D eigenvalue weighted by atomic mass is 14.7. The Morgan fingerprint density at radius 1 is 0.667 bits per heavy atom. The van der Waals surface area contributed by atoms with Crippen LogP contribution in [-0.4, -0.2) is 4.98 Å². The molecule has 1 aliphatic carbocycles. The molecule has 0 unspecified atom stereocenters. The smallest absolute Gasteiger partial charge is 0.0705 e. The molecule has 3 aromatic rings. The van der Waals surface area contributed by atoms with E-state index in [1.54, 1.807) is 0 Å². The molecule has 0 saturated heterocycles. The van der Waals surface area contributed by atoms with Crippen molar-refractivity contribution in [3.8, 4) is 22.4 Å². The monoisotopic (exact) mass is 355 g/mol. The zero-order valence-electron chi connectivity index (χ0n) is 17.6. The van der Waals surface area contributed by atoms with Gasteiger partial charge in [0.15, 0.2) is 0 Å². The van der Waals surface area contributed by atoms with Gasteiger partial charge in [0, 0.05) is 11.8 Å². The standard InChI is InChI=1S/C26H29N/c1-16-8-10-20-21-14-19(24-13-17(2)18(3)15-27-24)9-11-22(21)25(4,5)26(6,7)23(20)12-16/h8-15H,1-7H3. The predicted molar refractivity (Wildman–Crippen MR) is 115 cm³/mol. The second-order valence-corrected chi connectivity index (χ2v) is 9.21. The number of nitrogens with zero attached hydrogens (tertiary/aromatic N) is 1. The highest BCUT2D eigenvalue weighted by Gasteiger charge is 2.45. The minimum Gasteiger partial charge on any atom is -0.256 e. The van der Waals surface area contributed by atoms with Crippen LogP contribution < -0.4 is 0 Å². The summed E-state index contributed by atoms with van der Waals surface area (Å²) in [6.45, 7) is 16.0. The zero-order valence-corrected chi connectivity index (χ0v) is 17.6. The first-order valence-corrected chi connectivity index (χ1v) is 9.82. The number of hydrogen-bond acceptors (Lipinski definition) is 1. The van der Waals surface area contributed by atoms with Crippen LogP contribution in [0.25, 0.3) is 22.4 Å². The first-order valence-electron chi connectivity index (χ1n) is 9.82. The van der Waals surface area contributed by atoms with Crippen molar-refractivity contribution in [2.75, 3.05) is 0 Å². The van der Waals surface area contributed by atoms with Crippen LogP contribution in [0.4, 0.5) is 0 Å². The van der Waals surface area contributed by atoms with E-state index < -0.39 is 0 Å². The summed E-state index contributed by atoms with van der Waals surface area (Å²) < 4.78 is 0. The van der Waals surface area contributed by atoms with Crippen molar-refractivity contribution in [1.29, 1.82) is 0 Å². The van der Waals surface area contributed by atoms with Crippen LogP contribution in [0.15, 0.2) is 48.7 Å². The number of fused-ring (bicyclic) bond motifs is 3. The summed E-state index contributed by atoms with van der Waals surface area (Å²) in [4.78, 5) is 4.69. The molecule has 0 bridgehead atoms. The molecule has 0 atom stereocenters. The maximum absolute atomic E-state index is 4.69.